The fraction of sp³-hybridized carbons (Fsp3) is 0.160. The number of fused-ring (bicyclic) bond motifs is 1. The predicted molar refractivity (Wildman–Crippen MR) is 127 cm³/mol. The largest absolute Gasteiger partial charge is 0.486 e. The minimum Gasteiger partial charge on any atom is -0.486 e. The highest BCUT2D eigenvalue weighted by molar-refractivity contribution is 7.98. The summed E-state index contributed by atoms with van der Waals surface area (Å²) < 4.78 is 17.1. The third-order valence-electron chi connectivity index (χ3n) is 5.31. The molecule has 1 N–H and O–H groups in total. The van der Waals surface area contributed by atoms with Crippen molar-refractivity contribution in [1.82, 2.24) is 10.2 Å². The van der Waals surface area contributed by atoms with Crippen molar-refractivity contribution in [3.05, 3.63) is 71.8 Å². The van der Waals surface area contributed by atoms with Gasteiger partial charge in [0.05, 0.1) is 5.69 Å². The highest BCUT2D eigenvalue weighted by atomic mass is 32.2. The molecule has 1 aliphatic rings. The molecule has 0 aliphatic carbocycles. The molecule has 5 rings (SSSR count). The van der Waals surface area contributed by atoms with Crippen LogP contribution >= 0.6 is 11.8 Å². The van der Waals surface area contributed by atoms with Gasteiger partial charge in [0.15, 0.2) is 11.5 Å². The quantitative estimate of drug-likeness (QED) is 0.397. The lowest BCUT2D eigenvalue weighted by atomic mass is 10.1. The van der Waals surface area contributed by atoms with E-state index in [0.717, 1.165) is 21.6 Å². The van der Waals surface area contributed by atoms with Crippen molar-refractivity contribution in [2.45, 2.75) is 11.8 Å². The van der Waals surface area contributed by atoms with Crippen LogP contribution in [0.1, 0.15) is 15.9 Å². The van der Waals surface area contributed by atoms with Gasteiger partial charge in [-0.15, -0.1) is 22.0 Å². The average Bonchev–Trinajstić information content (AvgIpc) is 3.34. The number of carbonyl (C=O) groups excluding carboxylic acids is 1. The number of thioether (sulfide) groups is 1. The van der Waals surface area contributed by atoms with Crippen LogP contribution in [-0.2, 0) is 0 Å². The van der Waals surface area contributed by atoms with Crippen molar-refractivity contribution < 1.29 is 18.7 Å². The number of amides is 1. The molecule has 1 amide bonds. The van der Waals surface area contributed by atoms with E-state index in [9.17, 15) is 4.79 Å². The predicted octanol–water partition coefficient (Wildman–Crippen LogP) is 5.46. The summed E-state index contributed by atoms with van der Waals surface area (Å²) in [6.45, 7) is 3.00. The van der Waals surface area contributed by atoms with Crippen molar-refractivity contribution in [2.75, 3.05) is 24.8 Å². The van der Waals surface area contributed by atoms with E-state index in [1.807, 2.05) is 43.5 Å². The van der Waals surface area contributed by atoms with Gasteiger partial charge < -0.3 is 19.2 Å². The number of rotatable bonds is 5. The zero-order valence-electron chi connectivity index (χ0n) is 18.1. The Morgan fingerprint density at radius 1 is 0.939 bits per heavy atom. The second-order valence-corrected chi connectivity index (χ2v) is 8.30. The van der Waals surface area contributed by atoms with Gasteiger partial charge in [-0.25, -0.2) is 0 Å². The number of hydrogen-bond donors (Lipinski definition) is 1. The Morgan fingerprint density at radius 2 is 1.64 bits per heavy atom. The summed E-state index contributed by atoms with van der Waals surface area (Å²) in [5, 5.41) is 11.3. The Labute approximate surface area is 195 Å². The van der Waals surface area contributed by atoms with Gasteiger partial charge in [-0.2, -0.15) is 0 Å². The molecule has 2 heterocycles. The van der Waals surface area contributed by atoms with Crippen LogP contribution in [0.2, 0.25) is 0 Å². The van der Waals surface area contributed by atoms with E-state index >= 15 is 0 Å². The number of benzene rings is 3. The average molecular weight is 460 g/mol. The zero-order valence-corrected chi connectivity index (χ0v) is 18.9. The molecule has 0 bridgehead atoms. The normalized spacial score (nSPS) is 12.4. The summed E-state index contributed by atoms with van der Waals surface area (Å²) in [6.07, 6.45) is 1.95. The highest BCUT2D eigenvalue weighted by Gasteiger charge is 2.18. The Hall–Kier alpha value is -3.78. The van der Waals surface area contributed by atoms with Gasteiger partial charge in [-0.3, -0.25) is 4.79 Å². The molecule has 33 heavy (non-hydrogen) atoms. The highest BCUT2D eigenvalue weighted by Crippen LogP contribution is 2.39. The Balaban J connectivity index is 1.34. The monoisotopic (exact) mass is 459 g/mol. The molecule has 166 valence electrons. The Kier molecular flexibility index (Phi) is 5.75. The van der Waals surface area contributed by atoms with Gasteiger partial charge in [-0.1, -0.05) is 18.2 Å². The standard InChI is InChI=1S/C25H21N3O4S/c1-15-5-3-4-6-18(15)25-28-27-24(32-25)17-9-7-16(8-10-17)23(29)26-19-13-20-21(14-22(19)33-2)31-12-11-30-20/h3-10,13-14H,11-12H2,1-2H3,(H,26,29). The van der Waals surface area contributed by atoms with Crippen LogP contribution in [0.15, 0.2) is 70.0 Å². The van der Waals surface area contributed by atoms with E-state index in [-0.39, 0.29) is 5.91 Å². The molecule has 1 aliphatic heterocycles. The smallest absolute Gasteiger partial charge is 0.255 e. The number of aryl methyl sites for hydroxylation is 1. The lowest BCUT2D eigenvalue weighted by Gasteiger charge is -2.21. The molecule has 8 heteroatoms. The van der Waals surface area contributed by atoms with Crippen molar-refractivity contribution >= 4 is 23.4 Å². The van der Waals surface area contributed by atoms with E-state index in [0.29, 0.717) is 47.7 Å². The first-order valence-electron chi connectivity index (χ1n) is 10.4. The van der Waals surface area contributed by atoms with Gasteiger partial charge in [0.2, 0.25) is 11.8 Å². The van der Waals surface area contributed by atoms with Gasteiger partial charge >= 0.3 is 0 Å². The molecule has 0 saturated heterocycles. The molecule has 0 fully saturated rings. The zero-order chi connectivity index (χ0) is 22.8. The lowest BCUT2D eigenvalue weighted by Crippen LogP contribution is -2.17. The third kappa shape index (κ3) is 4.29. The van der Waals surface area contributed by atoms with Crippen LogP contribution in [-0.4, -0.2) is 35.6 Å². The van der Waals surface area contributed by atoms with Gasteiger partial charge in [0, 0.05) is 27.7 Å². The van der Waals surface area contributed by atoms with Crippen LogP contribution < -0.4 is 14.8 Å². The summed E-state index contributed by atoms with van der Waals surface area (Å²) in [5.74, 6) is 1.97. The first-order chi connectivity index (χ1) is 16.1. The topological polar surface area (TPSA) is 86.5 Å². The molecule has 0 atom stereocenters. The SMILES string of the molecule is CSc1cc2c(cc1NC(=O)c1ccc(-c3nnc(-c4ccccc4C)o3)cc1)OCCO2. The second kappa shape index (κ2) is 8.99. The summed E-state index contributed by atoms with van der Waals surface area (Å²) in [6, 6.07) is 18.6. The molecule has 0 radical (unpaired) electrons. The molecule has 3 aromatic carbocycles. The van der Waals surface area contributed by atoms with E-state index in [2.05, 4.69) is 15.5 Å². The Morgan fingerprint density at radius 3 is 2.36 bits per heavy atom. The fourth-order valence-corrected chi connectivity index (χ4v) is 4.11. The number of nitrogens with one attached hydrogen (secondary N) is 1. The maximum absolute atomic E-state index is 12.9. The second-order valence-electron chi connectivity index (χ2n) is 7.45. The van der Waals surface area contributed by atoms with E-state index < -0.39 is 0 Å². The van der Waals surface area contributed by atoms with E-state index in [1.54, 1.807) is 30.3 Å². The minimum absolute atomic E-state index is 0.223. The summed E-state index contributed by atoms with van der Waals surface area (Å²) >= 11 is 1.53. The molecule has 1 aromatic heterocycles. The number of hydrogen-bond acceptors (Lipinski definition) is 7. The van der Waals surface area contributed by atoms with Gasteiger partial charge in [-0.05, 0) is 55.1 Å². The molecular formula is C25H21N3O4S. The maximum atomic E-state index is 12.9. The number of nitrogens with zero attached hydrogens (tertiary/aromatic N) is 2. The van der Waals surface area contributed by atoms with Gasteiger partial charge in [0.1, 0.15) is 13.2 Å². The summed E-state index contributed by atoms with van der Waals surface area (Å²) in [5.41, 5.74) is 3.89. The van der Waals surface area contributed by atoms with Crippen LogP contribution in [0.5, 0.6) is 11.5 Å². The van der Waals surface area contributed by atoms with Crippen molar-refractivity contribution in [1.29, 1.82) is 0 Å². The van der Waals surface area contributed by atoms with E-state index in [4.69, 9.17) is 13.9 Å². The number of anilines is 1. The van der Waals surface area contributed by atoms with Crippen LogP contribution in [0.3, 0.4) is 0 Å². The first kappa shape index (κ1) is 21.1. The molecule has 7 nitrogen and oxygen atoms in total. The van der Waals surface area contributed by atoms with Crippen LogP contribution in [0, 0.1) is 6.92 Å². The number of aromatic nitrogens is 2. The molecule has 0 saturated carbocycles. The molecule has 0 spiro atoms. The number of ether oxygens (including phenoxy) is 2. The number of carbonyl (C=O) groups is 1. The third-order valence-corrected chi connectivity index (χ3v) is 6.08. The van der Waals surface area contributed by atoms with Gasteiger partial charge in [0.25, 0.3) is 5.91 Å². The summed E-state index contributed by atoms with van der Waals surface area (Å²) in [4.78, 5) is 13.8. The van der Waals surface area contributed by atoms with Crippen molar-refractivity contribution in [3.63, 3.8) is 0 Å². The Bertz CT molecular complexity index is 1320. The van der Waals surface area contributed by atoms with Crippen LogP contribution in [0.25, 0.3) is 22.9 Å². The molecular weight excluding hydrogens is 438 g/mol. The minimum atomic E-state index is -0.223. The first-order valence-corrected chi connectivity index (χ1v) is 11.6. The van der Waals surface area contributed by atoms with Crippen LogP contribution in [0.4, 0.5) is 5.69 Å². The molecule has 4 aromatic rings. The lowest BCUT2D eigenvalue weighted by molar-refractivity contribution is 0.102. The summed E-state index contributed by atoms with van der Waals surface area (Å²) in [7, 11) is 0. The van der Waals surface area contributed by atoms with E-state index in [1.165, 1.54) is 11.8 Å². The fourth-order valence-electron chi connectivity index (χ4n) is 3.56. The van der Waals surface area contributed by atoms with Crippen molar-refractivity contribution in [2.24, 2.45) is 0 Å². The molecule has 0 unspecified atom stereocenters. The van der Waals surface area contributed by atoms with Crippen molar-refractivity contribution in [3.8, 4) is 34.4 Å². The maximum Gasteiger partial charge on any atom is 0.255 e.